The Morgan fingerprint density at radius 1 is 1.35 bits per heavy atom. The molecule has 1 N–H and O–H groups in total. The Bertz CT molecular complexity index is 804. The number of hydrogen-bond acceptors (Lipinski definition) is 5. The molecule has 26 heavy (non-hydrogen) atoms. The lowest BCUT2D eigenvalue weighted by molar-refractivity contribution is -0.122. The van der Waals surface area contributed by atoms with E-state index in [1.807, 2.05) is 25.1 Å². The Balaban J connectivity index is 1.73. The van der Waals surface area contributed by atoms with Gasteiger partial charge in [0, 0.05) is 18.7 Å². The van der Waals surface area contributed by atoms with Gasteiger partial charge in [-0.2, -0.15) is 0 Å². The minimum Gasteiger partial charge on any atom is -0.311 e. The van der Waals surface area contributed by atoms with Crippen molar-refractivity contribution in [3.05, 3.63) is 34.8 Å². The van der Waals surface area contributed by atoms with E-state index in [1.165, 1.54) is 11.3 Å². The molecule has 0 spiro atoms. The fraction of sp³-hybridized carbons (Fsp3) is 0.474. The van der Waals surface area contributed by atoms with E-state index in [9.17, 15) is 9.59 Å². The van der Waals surface area contributed by atoms with Gasteiger partial charge in [-0.25, -0.2) is 0 Å². The van der Waals surface area contributed by atoms with E-state index in [0.717, 1.165) is 29.1 Å². The van der Waals surface area contributed by atoms with E-state index >= 15 is 0 Å². The third kappa shape index (κ3) is 3.77. The first kappa shape index (κ1) is 18.5. The first-order valence-corrected chi connectivity index (χ1v) is 9.87. The van der Waals surface area contributed by atoms with Crippen LogP contribution >= 0.6 is 11.3 Å². The average molecular weight is 372 g/mol. The summed E-state index contributed by atoms with van der Waals surface area (Å²) in [5.74, 6) is -0.185. The summed E-state index contributed by atoms with van der Waals surface area (Å²) in [6.07, 6.45) is 2.01. The van der Waals surface area contributed by atoms with E-state index in [1.54, 1.807) is 4.90 Å². The Kier molecular flexibility index (Phi) is 5.66. The monoisotopic (exact) mass is 372 g/mol. The standard InChI is InChI=1S/C19H24N4O2S/c1-4-12(3)14-8-6-7-9-15(14)23-11-13(10-17(23)24)18(25)20-19-22-21-16(5-2)26-19/h6-9,12-13H,4-5,10-11H2,1-3H3,(H,20,22,25)/t12-,13+/m0/s1. The fourth-order valence-electron chi connectivity index (χ4n) is 3.14. The average Bonchev–Trinajstić information content (AvgIpc) is 3.27. The molecule has 2 amide bonds. The molecular weight excluding hydrogens is 348 g/mol. The van der Waals surface area contributed by atoms with Crippen LogP contribution in [0.1, 0.15) is 50.1 Å². The van der Waals surface area contributed by atoms with E-state index in [0.29, 0.717) is 17.6 Å². The molecule has 1 saturated heterocycles. The van der Waals surface area contributed by atoms with Crippen molar-refractivity contribution in [1.82, 2.24) is 10.2 Å². The number of aryl methyl sites for hydroxylation is 1. The van der Waals surface area contributed by atoms with Crippen LogP contribution in [-0.2, 0) is 16.0 Å². The van der Waals surface area contributed by atoms with Gasteiger partial charge >= 0.3 is 0 Å². The summed E-state index contributed by atoms with van der Waals surface area (Å²) in [6, 6.07) is 7.97. The molecule has 6 nitrogen and oxygen atoms in total. The summed E-state index contributed by atoms with van der Waals surface area (Å²) in [5.41, 5.74) is 2.08. The first-order valence-electron chi connectivity index (χ1n) is 9.06. The predicted molar refractivity (Wildman–Crippen MR) is 104 cm³/mol. The normalized spacial score (nSPS) is 18.2. The molecule has 0 radical (unpaired) electrons. The van der Waals surface area contributed by atoms with Crippen molar-refractivity contribution in [2.24, 2.45) is 5.92 Å². The molecule has 0 bridgehead atoms. The number of rotatable bonds is 6. The number of amides is 2. The van der Waals surface area contributed by atoms with E-state index < -0.39 is 0 Å². The van der Waals surface area contributed by atoms with Crippen LogP contribution in [0.15, 0.2) is 24.3 Å². The van der Waals surface area contributed by atoms with Crippen LogP contribution < -0.4 is 10.2 Å². The third-order valence-corrected chi connectivity index (χ3v) is 5.85. The summed E-state index contributed by atoms with van der Waals surface area (Å²) < 4.78 is 0. The number of aromatic nitrogens is 2. The van der Waals surface area contributed by atoms with Gasteiger partial charge in [-0.1, -0.05) is 50.3 Å². The third-order valence-electron chi connectivity index (χ3n) is 4.87. The number of para-hydroxylation sites is 1. The lowest BCUT2D eigenvalue weighted by Gasteiger charge is -2.23. The van der Waals surface area contributed by atoms with Gasteiger partial charge in [0.1, 0.15) is 5.01 Å². The Labute approximate surface area is 157 Å². The van der Waals surface area contributed by atoms with Gasteiger partial charge in [0.05, 0.1) is 5.92 Å². The van der Waals surface area contributed by atoms with Crippen molar-refractivity contribution >= 4 is 34.0 Å². The maximum absolute atomic E-state index is 12.6. The lowest BCUT2D eigenvalue weighted by Crippen LogP contribution is -2.29. The predicted octanol–water partition coefficient (Wildman–Crippen LogP) is 3.61. The van der Waals surface area contributed by atoms with Crippen molar-refractivity contribution in [3.8, 4) is 0 Å². The Hall–Kier alpha value is -2.28. The van der Waals surface area contributed by atoms with Gasteiger partial charge in [0.2, 0.25) is 16.9 Å². The number of anilines is 2. The molecule has 2 heterocycles. The van der Waals surface area contributed by atoms with E-state index in [4.69, 9.17) is 0 Å². The molecule has 0 aliphatic carbocycles. The largest absolute Gasteiger partial charge is 0.311 e. The summed E-state index contributed by atoms with van der Waals surface area (Å²) in [4.78, 5) is 26.9. The molecule has 2 atom stereocenters. The van der Waals surface area contributed by atoms with E-state index in [-0.39, 0.29) is 24.2 Å². The second-order valence-electron chi connectivity index (χ2n) is 6.62. The number of benzene rings is 1. The van der Waals surface area contributed by atoms with Crippen LogP contribution in [0, 0.1) is 5.92 Å². The molecular formula is C19H24N4O2S. The van der Waals surface area contributed by atoms with Gasteiger partial charge in [-0.05, 0) is 30.4 Å². The van der Waals surface area contributed by atoms with Crippen LogP contribution in [0.3, 0.4) is 0 Å². The Morgan fingerprint density at radius 2 is 2.12 bits per heavy atom. The minimum absolute atomic E-state index is 0.00702. The molecule has 0 unspecified atom stereocenters. The highest BCUT2D eigenvalue weighted by atomic mass is 32.1. The lowest BCUT2D eigenvalue weighted by atomic mass is 9.96. The second-order valence-corrected chi connectivity index (χ2v) is 7.68. The van der Waals surface area contributed by atoms with Crippen molar-refractivity contribution in [3.63, 3.8) is 0 Å². The smallest absolute Gasteiger partial charge is 0.231 e. The zero-order chi connectivity index (χ0) is 18.7. The summed E-state index contributed by atoms with van der Waals surface area (Å²) in [6.45, 7) is 6.69. The molecule has 3 rings (SSSR count). The van der Waals surface area contributed by atoms with Crippen molar-refractivity contribution in [1.29, 1.82) is 0 Å². The maximum Gasteiger partial charge on any atom is 0.231 e. The molecule has 1 aromatic heterocycles. The summed E-state index contributed by atoms with van der Waals surface area (Å²) in [5, 5.41) is 12.2. The van der Waals surface area contributed by atoms with E-state index in [2.05, 4.69) is 35.4 Å². The first-order chi connectivity index (χ1) is 12.5. The van der Waals surface area contributed by atoms with Crippen LogP contribution in [0.5, 0.6) is 0 Å². The zero-order valence-electron chi connectivity index (χ0n) is 15.4. The van der Waals surface area contributed by atoms with Crippen LogP contribution in [0.4, 0.5) is 10.8 Å². The molecule has 7 heteroatoms. The topological polar surface area (TPSA) is 75.2 Å². The fourth-order valence-corrected chi connectivity index (χ4v) is 3.82. The van der Waals surface area contributed by atoms with Gasteiger partial charge < -0.3 is 10.2 Å². The van der Waals surface area contributed by atoms with Gasteiger partial charge in [0.15, 0.2) is 0 Å². The van der Waals surface area contributed by atoms with Crippen molar-refractivity contribution < 1.29 is 9.59 Å². The van der Waals surface area contributed by atoms with Crippen LogP contribution in [0.2, 0.25) is 0 Å². The number of nitrogens with one attached hydrogen (secondary N) is 1. The maximum atomic E-state index is 12.6. The van der Waals surface area contributed by atoms with Crippen LogP contribution in [-0.4, -0.2) is 28.6 Å². The SMILES string of the molecule is CCc1nnc(NC(=O)[C@@H]2CC(=O)N(c3ccccc3[C@@H](C)CC)C2)s1. The van der Waals surface area contributed by atoms with Crippen molar-refractivity contribution in [2.75, 3.05) is 16.8 Å². The highest BCUT2D eigenvalue weighted by molar-refractivity contribution is 7.15. The molecule has 1 aliphatic rings. The van der Waals surface area contributed by atoms with Gasteiger partial charge in [-0.15, -0.1) is 10.2 Å². The molecule has 2 aromatic rings. The van der Waals surface area contributed by atoms with Gasteiger partial charge in [0.25, 0.3) is 0 Å². The number of nitrogens with zero attached hydrogens (tertiary/aromatic N) is 3. The summed E-state index contributed by atoms with van der Waals surface area (Å²) in [7, 11) is 0. The molecule has 1 fully saturated rings. The van der Waals surface area contributed by atoms with Gasteiger partial charge in [-0.3, -0.25) is 9.59 Å². The molecule has 1 aromatic carbocycles. The quantitative estimate of drug-likeness (QED) is 0.840. The number of carbonyl (C=O) groups excluding carboxylic acids is 2. The summed E-state index contributed by atoms with van der Waals surface area (Å²) >= 11 is 1.37. The number of carbonyl (C=O) groups is 2. The van der Waals surface area contributed by atoms with Crippen LogP contribution in [0.25, 0.3) is 0 Å². The molecule has 138 valence electrons. The minimum atomic E-state index is -0.374. The highest BCUT2D eigenvalue weighted by Crippen LogP contribution is 2.33. The van der Waals surface area contributed by atoms with Crippen molar-refractivity contribution in [2.45, 2.75) is 46.0 Å². The zero-order valence-corrected chi connectivity index (χ0v) is 16.2. The highest BCUT2D eigenvalue weighted by Gasteiger charge is 2.36. The molecule has 1 aliphatic heterocycles. The number of hydrogen-bond donors (Lipinski definition) is 1. The Morgan fingerprint density at radius 3 is 2.81 bits per heavy atom. The molecule has 0 saturated carbocycles. The second kappa shape index (κ2) is 7.95.